The van der Waals surface area contributed by atoms with Gasteiger partial charge in [-0.2, -0.15) is 4.31 Å². The van der Waals surface area contributed by atoms with Crippen molar-refractivity contribution in [3.63, 3.8) is 0 Å². The Balaban J connectivity index is 1.31. The average Bonchev–Trinajstić information content (AvgIpc) is 3.41. The molecule has 0 spiro atoms. The summed E-state index contributed by atoms with van der Waals surface area (Å²) in [5.41, 5.74) is 1.99. The molecule has 2 fully saturated rings. The van der Waals surface area contributed by atoms with Crippen LogP contribution >= 0.6 is 11.3 Å². The number of piperidine rings is 1. The normalized spacial score (nSPS) is 21.4. The number of nitrogens with one attached hydrogen (secondary N) is 1. The molecule has 4 rings (SSSR count). The van der Waals surface area contributed by atoms with Gasteiger partial charge in [0.2, 0.25) is 5.91 Å². The Hall–Kier alpha value is -1.90. The summed E-state index contributed by atoms with van der Waals surface area (Å²) < 4.78 is 27.1. The Kier molecular flexibility index (Phi) is 5.94. The third-order valence-corrected chi connectivity index (χ3v) is 9.11. The monoisotopic (exact) mass is 433 g/mol. The average molecular weight is 434 g/mol. The van der Waals surface area contributed by atoms with Gasteiger partial charge >= 0.3 is 0 Å². The van der Waals surface area contributed by atoms with Crippen LogP contribution < -0.4 is 10.2 Å². The second kappa shape index (κ2) is 8.45. The number of hydrogen-bond donors (Lipinski definition) is 1. The Morgan fingerprint density at radius 3 is 2.38 bits per heavy atom. The maximum atomic E-state index is 12.6. The van der Waals surface area contributed by atoms with E-state index in [1.54, 1.807) is 17.5 Å². The molecule has 8 heteroatoms. The molecule has 0 saturated carbocycles. The molecule has 6 nitrogen and oxygen atoms in total. The summed E-state index contributed by atoms with van der Waals surface area (Å²) in [6.07, 6.45) is 2.31. The quantitative estimate of drug-likeness (QED) is 0.782. The smallest absolute Gasteiger partial charge is 0.252 e. The van der Waals surface area contributed by atoms with Gasteiger partial charge in [-0.15, -0.1) is 11.3 Å². The second-order valence-corrected chi connectivity index (χ2v) is 11.1. The molecule has 1 amide bonds. The first-order chi connectivity index (χ1) is 13.9. The summed E-state index contributed by atoms with van der Waals surface area (Å²) >= 11 is 1.23. The minimum atomic E-state index is -3.43. The van der Waals surface area contributed by atoms with Crippen molar-refractivity contribution in [1.82, 2.24) is 4.31 Å². The van der Waals surface area contributed by atoms with Crippen molar-refractivity contribution in [2.24, 2.45) is 11.8 Å². The highest BCUT2D eigenvalue weighted by atomic mass is 32.2. The lowest BCUT2D eigenvalue weighted by Crippen LogP contribution is -2.41. The van der Waals surface area contributed by atoms with Gasteiger partial charge in [0.1, 0.15) is 4.21 Å². The standard InChI is InChI=1S/C21H27N3O3S2/c1-16-8-11-23(15-16)19-6-4-18(5-7-19)22-21(25)17-9-12-24(13-10-17)29(26,27)20-3-2-14-28-20/h2-7,14,16-17H,8-13,15H2,1H3,(H,22,25). The first-order valence-electron chi connectivity index (χ1n) is 10.1. The zero-order valence-electron chi connectivity index (χ0n) is 16.6. The molecular weight excluding hydrogens is 406 g/mol. The number of hydrogen-bond acceptors (Lipinski definition) is 5. The number of benzene rings is 1. The lowest BCUT2D eigenvalue weighted by Gasteiger charge is -2.30. The maximum absolute atomic E-state index is 12.6. The van der Waals surface area contributed by atoms with E-state index in [0.717, 1.165) is 24.7 Å². The topological polar surface area (TPSA) is 69.7 Å². The highest BCUT2D eigenvalue weighted by Gasteiger charge is 2.32. The zero-order chi connectivity index (χ0) is 20.4. The fraction of sp³-hybridized carbons (Fsp3) is 0.476. The summed E-state index contributed by atoms with van der Waals surface area (Å²) in [6, 6.07) is 11.4. The molecule has 156 valence electrons. The van der Waals surface area contributed by atoms with E-state index in [4.69, 9.17) is 0 Å². The van der Waals surface area contributed by atoms with Crippen molar-refractivity contribution < 1.29 is 13.2 Å². The molecule has 1 N–H and O–H groups in total. The van der Waals surface area contributed by atoms with Gasteiger partial charge in [0, 0.05) is 43.5 Å². The maximum Gasteiger partial charge on any atom is 0.252 e. The minimum Gasteiger partial charge on any atom is -0.371 e. The SMILES string of the molecule is CC1CCN(c2ccc(NC(=O)C3CCN(S(=O)(=O)c4cccs4)CC3)cc2)C1. The Morgan fingerprint density at radius 2 is 1.79 bits per heavy atom. The molecule has 0 radical (unpaired) electrons. The van der Waals surface area contributed by atoms with Crippen molar-refractivity contribution in [1.29, 1.82) is 0 Å². The summed E-state index contributed by atoms with van der Waals surface area (Å²) in [5.74, 6) is 0.536. The molecule has 0 bridgehead atoms. The number of amides is 1. The number of thiophene rings is 1. The van der Waals surface area contributed by atoms with Crippen LogP contribution in [0.2, 0.25) is 0 Å². The van der Waals surface area contributed by atoms with E-state index in [1.165, 1.54) is 27.8 Å². The highest BCUT2D eigenvalue weighted by Crippen LogP contribution is 2.28. The van der Waals surface area contributed by atoms with Crippen LogP contribution in [0.1, 0.15) is 26.2 Å². The first kappa shape index (κ1) is 20.4. The van der Waals surface area contributed by atoms with Crippen molar-refractivity contribution in [3.05, 3.63) is 41.8 Å². The Labute approximate surface area is 176 Å². The van der Waals surface area contributed by atoms with Gasteiger partial charge in [-0.1, -0.05) is 13.0 Å². The molecule has 3 heterocycles. The lowest BCUT2D eigenvalue weighted by atomic mass is 9.97. The molecular formula is C21H27N3O3S2. The number of carbonyl (C=O) groups excluding carboxylic acids is 1. The Bertz CT molecular complexity index is 934. The summed E-state index contributed by atoms with van der Waals surface area (Å²) in [5, 5.41) is 4.76. The molecule has 1 unspecified atom stereocenters. The summed E-state index contributed by atoms with van der Waals surface area (Å²) in [7, 11) is -3.43. The second-order valence-electron chi connectivity index (χ2n) is 7.99. The molecule has 2 aromatic rings. The zero-order valence-corrected chi connectivity index (χ0v) is 18.2. The highest BCUT2D eigenvalue weighted by molar-refractivity contribution is 7.91. The van der Waals surface area contributed by atoms with Crippen molar-refractivity contribution in [3.8, 4) is 0 Å². The van der Waals surface area contributed by atoms with E-state index in [2.05, 4.69) is 29.3 Å². The van der Waals surface area contributed by atoms with Crippen LogP contribution in [-0.2, 0) is 14.8 Å². The van der Waals surface area contributed by atoms with E-state index in [-0.39, 0.29) is 11.8 Å². The molecule has 0 aliphatic carbocycles. The van der Waals surface area contributed by atoms with E-state index in [1.807, 2.05) is 12.1 Å². The minimum absolute atomic E-state index is 0.0271. The third kappa shape index (κ3) is 4.49. The van der Waals surface area contributed by atoms with Crippen LogP contribution in [0.25, 0.3) is 0 Å². The van der Waals surface area contributed by atoms with Gasteiger partial charge in [0.25, 0.3) is 10.0 Å². The van der Waals surface area contributed by atoms with E-state index < -0.39 is 10.0 Å². The van der Waals surface area contributed by atoms with E-state index in [9.17, 15) is 13.2 Å². The van der Waals surface area contributed by atoms with Crippen LogP contribution in [0.3, 0.4) is 0 Å². The van der Waals surface area contributed by atoms with Gasteiger partial charge in [-0.3, -0.25) is 4.79 Å². The van der Waals surface area contributed by atoms with Crippen LogP contribution in [0, 0.1) is 11.8 Å². The first-order valence-corrected chi connectivity index (χ1v) is 12.4. The lowest BCUT2D eigenvalue weighted by molar-refractivity contribution is -0.120. The predicted octanol–water partition coefficient (Wildman–Crippen LogP) is 3.63. The Morgan fingerprint density at radius 1 is 1.07 bits per heavy atom. The number of nitrogens with zero attached hydrogens (tertiary/aromatic N) is 2. The van der Waals surface area contributed by atoms with Crippen LogP contribution in [-0.4, -0.2) is 44.8 Å². The molecule has 2 saturated heterocycles. The van der Waals surface area contributed by atoms with Crippen molar-refractivity contribution >= 4 is 38.6 Å². The van der Waals surface area contributed by atoms with Gasteiger partial charge in [-0.25, -0.2) is 8.42 Å². The number of anilines is 2. The fourth-order valence-corrected chi connectivity index (χ4v) is 6.68. The van der Waals surface area contributed by atoms with E-state index >= 15 is 0 Å². The van der Waals surface area contributed by atoms with Gasteiger partial charge in [-0.05, 0) is 60.9 Å². The van der Waals surface area contributed by atoms with E-state index in [0.29, 0.717) is 30.1 Å². The molecule has 2 aliphatic heterocycles. The fourth-order valence-electron chi connectivity index (χ4n) is 4.07. The van der Waals surface area contributed by atoms with Gasteiger partial charge < -0.3 is 10.2 Å². The molecule has 1 aromatic carbocycles. The molecule has 1 atom stereocenters. The van der Waals surface area contributed by atoms with Crippen molar-refractivity contribution in [2.75, 3.05) is 36.4 Å². The number of rotatable bonds is 5. The molecule has 29 heavy (non-hydrogen) atoms. The van der Waals surface area contributed by atoms with Crippen LogP contribution in [0.4, 0.5) is 11.4 Å². The number of sulfonamides is 1. The largest absolute Gasteiger partial charge is 0.371 e. The summed E-state index contributed by atoms with van der Waals surface area (Å²) in [6.45, 7) is 5.19. The molecule has 1 aromatic heterocycles. The number of carbonyl (C=O) groups is 1. The van der Waals surface area contributed by atoms with Gasteiger partial charge in [0.05, 0.1) is 0 Å². The van der Waals surface area contributed by atoms with Crippen LogP contribution in [0.15, 0.2) is 46.0 Å². The molecule has 2 aliphatic rings. The predicted molar refractivity (Wildman–Crippen MR) is 117 cm³/mol. The third-order valence-electron chi connectivity index (χ3n) is 5.84. The van der Waals surface area contributed by atoms with Crippen molar-refractivity contribution in [2.45, 2.75) is 30.4 Å². The van der Waals surface area contributed by atoms with Gasteiger partial charge in [0.15, 0.2) is 0 Å². The van der Waals surface area contributed by atoms with Crippen LogP contribution in [0.5, 0.6) is 0 Å². The summed E-state index contributed by atoms with van der Waals surface area (Å²) in [4.78, 5) is 15.0.